The first-order valence-electron chi connectivity index (χ1n) is 5.96. The van der Waals surface area contributed by atoms with Gasteiger partial charge in [0, 0.05) is 12.6 Å². The maximum absolute atomic E-state index is 12.3. The van der Waals surface area contributed by atoms with E-state index in [1.807, 2.05) is 30.3 Å². The molecule has 0 saturated heterocycles. The highest BCUT2D eigenvalue weighted by molar-refractivity contribution is 7.91. The summed E-state index contributed by atoms with van der Waals surface area (Å²) in [5.41, 5.74) is 0.813. The molecule has 0 aliphatic heterocycles. The molecule has 0 aliphatic rings. The fourth-order valence-electron chi connectivity index (χ4n) is 1.80. The lowest BCUT2D eigenvalue weighted by atomic mass is 10.1. The van der Waals surface area contributed by atoms with Crippen LogP contribution >= 0.6 is 22.9 Å². The Hall–Kier alpha value is -0.920. The topological polar surface area (TPSA) is 66.4 Å². The number of hydrogen-bond acceptors (Lipinski definition) is 4. The second-order valence-corrected chi connectivity index (χ2v) is 7.81. The third-order valence-electron chi connectivity index (χ3n) is 2.73. The molecule has 1 heterocycles. The molecule has 0 bridgehead atoms. The van der Waals surface area contributed by atoms with Gasteiger partial charge in [0.15, 0.2) is 0 Å². The molecule has 20 heavy (non-hydrogen) atoms. The normalized spacial score (nSPS) is 13.3. The van der Waals surface area contributed by atoms with Crippen molar-refractivity contribution in [2.45, 2.75) is 16.7 Å². The fraction of sp³-hybridized carbons (Fsp3) is 0.231. The fourth-order valence-corrected chi connectivity index (χ4v) is 4.55. The molecule has 0 unspecified atom stereocenters. The van der Waals surface area contributed by atoms with E-state index in [2.05, 4.69) is 4.72 Å². The van der Waals surface area contributed by atoms with Gasteiger partial charge >= 0.3 is 0 Å². The van der Waals surface area contributed by atoms with Crippen LogP contribution in [0, 0.1) is 0 Å². The zero-order chi connectivity index (χ0) is 14.6. The largest absolute Gasteiger partial charge is 0.396 e. The molecule has 1 aromatic carbocycles. The van der Waals surface area contributed by atoms with Crippen molar-refractivity contribution in [1.82, 2.24) is 4.72 Å². The van der Waals surface area contributed by atoms with Gasteiger partial charge in [-0.3, -0.25) is 0 Å². The van der Waals surface area contributed by atoms with Crippen LogP contribution in [0.25, 0.3) is 0 Å². The van der Waals surface area contributed by atoms with Crippen LogP contribution in [0.1, 0.15) is 18.0 Å². The van der Waals surface area contributed by atoms with E-state index in [-0.39, 0.29) is 10.8 Å². The first kappa shape index (κ1) is 15.5. The van der Waals surface area contributed by atoms with Gasteiger partial charge < -0.3 is 5.11 Å². The Balaban J connectivity index is 2.24. The summed E-state index contributed by atoms with van der Waals surface area (Å²) < 4.78 is 27.7. The Morgan fingerprint density at radius 2 is 1.90 bits per heavy atom. The molecule has 108 valence electrons. The molecule has 2 N–H and O–H groups in total. The molecule has 0 amide bonds. The van der Waals surface area contributed by atoms with E-state index in [0.717, 1.165) is 16.9 Å². The number of aliphatic hydroxyl groups excluding tert-OH is 1. The number of benzene rings is 1. The Kier molecular flexibility index (Phi) is 5.17. The molecular formula is C13H14ClNO3S2. The lowest BCUT2D eigenvalue weighted by Crippen LogP contribution is -2.28. The van der Waals surface area contributed by atoms with Gasteiger partial charge in [-0.15, -0.1) is 11.3 Å². The lowest BCUT2D eigenvalue weighted by Gasteiger charge is -2.17. The molecule has 4 nitrogen and oxygen atoms in total. The molecule has 0 spiro atoms. The van der Waals surface area contributed by atoms with Crippen molar-refractivity contribution >= 4 is 33.0 Å². The number of sulfonamides is 1. The Bertz CT molecular complexity index is 655. The van der Waals surface area contributed by atoms with Crippen molar-refractivity contribution in [2.24, 2.45) is 0 Å². The van der Waals surface area contributed by atoms with Gasteiger partial charge in [0.05, 0.1) is 4.34 Å². The second kappa shape index (κ2) is 6.69. The van der Waals surface area contributed by atoms with Crippen molar-refractivity contribution in [2.75, 3.05) is 6.61 Å². The molecule has 0 saturated carbocycles. The van der Waals surface area contributed by atoms with E-state index < -0.39 is 16.1 Å². The number of halogens is 1. The third kappa shape index (κ3) is 3.80. The number of aliphatic hydroxyl groups is 1. The zero-order valence-electron chi connectivity index (χ0n) is 10.5. The maximum atomic E-state index is 12.3. The first-order valence-corrected chi connectivity index (χ1v) is 8.64. The van der Waals surface area contributed by atoms with Crippen LogP contribution in [0.3, 0.4) is 0 Å². The number of thiophene rings is 1. The average molecular weight is 332 g/mol. The first-order chi connectivity index (χ1) is 9.53. The highest BCUT2D eigenvalue weighted by atomic mass is 35.5. The van der Waals surface area contributed by atoms with Gasteiger partial charge in [-0.1, -0.05) is 41.9 Å². The number of hydrogen-bond donors (Lipinski definition) is 2. The summed E-state index contributed by atoms with van der Waals surface area (Å²) in [5.74, 6) is 0. The lowest BCUT2D eigenvalue weighted by molar-refractivity contribution is 0.272. The van der Waals surface area contributed by atoms with Crippen molar-refractivity contribution in [3.8, 4) is 0 Å². The van der Waals surface area contributed by atoms with Gasteiger partial charge in [-0.05, 0) is 24.1 Å². The van der Waals surface area contributed by atoms with E-state index in [1.54, 1.807) is 6.07 Å². The van der Waals surface area contributed by atoms with Crippen LogP contribution < -0.4 is 4.72 Å². The van der Waals surface area contributed by atoms with Crippen LogP contribution in [0.4, 0.5) is 0 Å². The monoisotopic (exact) mass is 331 g/mol. The molecule has 0 radical (unpaired) electrons. The summed E-state index contributed by atoms with van der Waals surface area (Å²) >= 11 is 6.77. The minimum atomic E-state index is -3.64. The van der Waals surface area contributed by atoms with Crippen LogP contribution in [0.5, 0.6) is 0 Å². The highest BCUT2D eigenvalue weighted by Gasteiger charge is 2.22. The van der Waals surface area contributed by atoms with Crippen molar-refractivity contribution < 1.29 is 13.5 Å². The van der Waals surface area contributed by atoms with Gasteiger partial charge in [-0.25, -0.2) is 13.1 Å². The summed E-state index contributed by atoms with van der Waals surface area (Å²) in [7, 11) is -3.64. The summed E-state index contributed by atoms with van der Waals surface area (Å²) in [6.45, 7) is -0.104. The molecule has 1 atom stereocenters. The molecule has 0 fully saturated rings. The SMILES string of the molecule is O=S(=O)(N[C@H](CCO)c1ccccc1)c1ccc(Cl)s1. The summed E-state index contributed by atoms with van der Waals surface area (Å²) in [5, 5.41) is 9.12. The number of rotatable bonds is 6. The zero-order valence-corrected chi connectivity index (χ0v) is 12.9. The van der Waals surface area contributed by atoms with Gasteiger partial charge in [0.25, 0.3) is 10.0 Å². The predicted octanol–water partition coefficient (Wildman–Crippen LogP) is 2.80. The number of nitrogens with one attached hydrogen (secondary N) is 1. The second-order valence-electron chi connectivity index (χ2n) is 4.16. The van der Waals surface area contributed by atoms with Crippen LogP contribution in [0.15, 0.2) is 46.7 Å². The van der Waals surface area contributed by atoms with Crippen LogP contribution in [-0.4, -0.2) is 20.1 Å². The van der Waals surface area contributed by atoms with E-state index in [1.165, 1.54) is 6.07 Å². The minimum Gasteiger partial charge on any atom is -0.396 e. The maximum Gasteiger partial charge on any atom is 0.250 e. The van der Waals surface area contributed by atoms with Gasteiger partial charge in [-0.2, -0.15) is 0 Å². The van der Waals surface area contributed by atoms with Gasteiger partial charge in [0.1, 0.15) is 4.21 Å². The average Bonchev–Trinajstić information content (AvgIpc) is 2.87. The Labute approximate surface area is 127 Å². The van der Waals surface area contributed by atoms with Crippen molar-refractivity contribution in [3.05, 3.63) is 52.4 Å². The highest BCUT2D eigenvalue weighted by Crippen LogP contribution is 2.27. The predicted molar refractivity (Wildman–Crippen MR) is 80.5 cm³/mol. The van der Waals surface area contributed by atoms with Crippen molar-refractivity contribution in [3.63, 3.8) is 0 Å². The molecule has 2 rings (SSSR count). The van der Waals surface area contributed by atoms with E-state index in [4.69, 9.17) is 16.7 Å². The molecular weight excluding hydrogens is 318 g/mol. The van der Waals surface area contributed by atoms with E-state index in [0.29, 0.717) is 10.8 Å². The Morgan fingerprint density at radius 1 is 1.20 bits per heavy atom. The van der Waals surface area contributed by atoms with Crippen LogP contribution in [0.2, 0.25) is 4.34 Å². The summed E-state index contributed by atoms with van der Waals surface area (Å²) in [6, 6.07) is 11.7. The smallest absolute Gasteiger partial charge is 0.250 e. The van der Waals surface area contributed by atoms with Crippen molar-refractivity contribution in [1.29, 1.82) is 0 Å². The Morgan fingerprint density at radius 3 is 2.45 bits per heavy atom. The third-order valence-corrected chi connectivity index (χ3v) is 5.93. The van der Waals surface area contributed by atoms with Gasteiger partial charge in [0.2, 0.25) is 0 Å². The standard InChI is InChI=1S/C13H14ClNO3S2/c14-12-6-7-13(19-12)20(17,18)15-11(8-9-16)10-4-2-1-3-5-10/h1-7,11,15-16H,8-9H2/t11-/m1/s1. The molecule has 0 aliphatic carbocycles. The summed E-state index contributed by atoms with van der Waals surface area (Å²) in [4.78, 5) is 0. The minimum absolute atomic E-state index is 0.104. The summed E-state index contributed by atoms with van der Waals surface area (Å²) in [6.07, 6.45) is 0.308. The molecule has 7 heteroatoms. The van der Waals surface area contributed by atoms with E-state index in [9.17, 15) is 8.42 Å². The quantitative estimate of drug-likeness (QED) is 0.855. The molecule has 2 aromatic rings. The van der Waals surface area contributed by atoms with E-state index >= 15 is 0 Å². The molecule has 1 aromatic heterocycles. The van der Waals surface area contributed by atoms with Crippen LogP contribution in [-0.2, 0) is 10.0 Å².